The van der Waals surface area contributed by atoms with E-state index in [0.717, 1.165) is 5.56 Å². The van der Waals surface area contributed by atoms with Crippen LogP contribution in [0.15, 0.2) is 29.2 Å². The molecular formula is C12H17NO3S2. The van der Waals surface area contributed by atoms with Crippen molar-refractivity contribution in [1.29, 1.82) is 0 Å². The third-order valence-corrected chi connectivity index (χ3v) is 6.62. The molecule has 0 aliphatic carbocycles. The molecule has 1 aliphatic rings. The lowest BCUT2D eigenvalue weighted by atomic mass is 10.2. The molecule has 1 aromatic rings. The fraction of sp³-hybridized carbons (Fsp3) is 0.500. The maximum absolute atomic E-state index is 12.4. The van der Waals surface area contributed by atoms with Gasteiger partial charge < -0.3 is 0 Å². The highest BCUT2D eigenvalue weighted by molar-refractivity contribution is 7.89. The normalized spacial score (nSPS) is 26.1. The van der Waals surface area contributed by atoms with E-state index >= 15 is 0 Å². The van der Waals surface area contributed by atoms with E-state index in [4.69, 9.17) is 0 Å². The Labute approximate surface area is 111 Å². The van der Waals surface area contributed by atoms with Crippen LogP contribution in [0.5, 0.6) is 0 Å². The van der Waals surface area contributed by atoms with Crippen LogP contribution < -0.4 is 0 Å². The second-order valence-electron chi connectivity index (χ2n) is 4.57. The highest BCUT2D eigenvalue weighted by Crippen LogP contribution is 2.20. The topological polar surface area (TPSA) is 54.5 Å². The largest absolute Gasteiger partial charge is 0.259 e. The zero-order valence-corrected chi connectivity index (χ0v) is 12.1. The SMILES string of the molecule is Cc1ccc(S(=O)(=O)N2CC[S@@](=O)[C@H](C)C2)cc1. The highest BCUT2D eigenvalue weighted by atomic mass is 32.2. The Kier molecular flexibility index (Phi) is 3.89. The Morgan fingerprint density at radius 3 is 2.44 bits per heavy atom. The molecule has 2 atom stereocenters. The van der Waals surface area contributed by atoms with Gasteiger partial charge in [-0.15, -0.1) is 0 Å². The molecule has 1 aliphatic heterocycles. The van der Waals surface area contributed by atoms with Crippen molar-refractivity contribution in [2.75, 3.05) is 18.8 Å². The summed E-state index contributed by atoms with van der Waals surface area (Å²) in [6.45, 7) is 4.42. The quantitative estimate of drug-likeness (QED) is 0.819. The smallest absolute Gasteiger partial charge is 0.243 e. The highest BCUT2D eigenvalue weighted by Gasteiger charge is 2.31. The van der Waals surface area contributed by atoms with Gasteiger partial charge >= 0.3 is 0 Å². The van der Waals surface area contributed by atoms with Gasteiger partial charge in [0.1, 0.15) is 0 Å². The van der Waals surface area contributed by atoms with E-state index in [9.17, 15) is 12.6 Å². The number of nitrogens with zero attached hydrogens (tertiary/aromatic N) is 1. The summed E-state index contributed by atoms with van der Waals surface area (Å²) in [5, 5.41) is -0.0982. The van der Waals surface area contributed by atoms with Crippen LogP contribution in [0, 0.1) is 6.92 Å². The van der Waals surface area contributed by atoms with Gasteiger partial charge in [-0.2, -0.15) is 4.31 Å². The van der Waals surface area contributed by atoms with E-state index in [1.54, 1.807) is 24.3 Å². The van der Waals surface area contributed by atoms with Crippen molar-refractivity contribution in [3.05, 3.63) is 29.8 Å². The number of hydrogen-bond acceptors (Lipinski definition) is 3. The molecule has 18 heavy (non-hydrogen) atoms. The lowest BCUT2D eigenvalue weighted by Gasteiger charge is -2.29. The predicted molar refractivity (Wildman–Crippen MR) is 72.4 cm³/mol. The van der Waals surface area contributed by atoms with Crippen molar-refractivity contribution < 1.29 is 12.6 Å². The van der Waals surface area contributed by atoms with E-state index in [-0.39, 0.29) is 5.25 Å². The molecule has 1 aromatic carbocycles. The standard InChI is InChI=1S/C12H17NO3S2/c1-10-3-5-12(6-4-10)18(15,16)13-7-8-17(14)11(2)9-13/h3-6,11H,7-9H2,1-2H3/t11-,17-/m1/s1. The first kappa shape index (κ1) is 13.7. The van der Waals surface area contributed by atoms with Crippen molar-refractivity contribution in [3.8, 4) is 0 Å². The van der Waals surface area contributed by atoms with E-state index < -0.39 is 20.8 Å². The van der Waals surface area contributed by atoms with Gasteiger partial charge in [0, 0.05) is 34.9 Å². The van der Waals surface area contributed by atoms with Crippen LogP contribution in [0.25, 0.3) is 0 Å². The fourth-order valence-corrected chi connectivity index (χ4v) is 4.82. The first-order valence-corrected chi connectivity index (χ1v) is 8.67. The molecule has 100 valence electrons. The molecule has 1 fully saturated rings. The molecule has 0 aromatic heterocycles. The van der Waals surface area contributed by atoms with Gasteiger partial charge in [-0.1, -0.05) is 17.7 Å². The summed E-state index contributed by atoms with van der Waals surface area (Å²) in [5.74, 6) is 0.423. The van der Waals surface area contributed by atoms with Gasteiger partial charge in [0.25, 0.3) is 0 Å². The Morgan fingerprint density at radius 2 is 1.89 bits per heavy atom. The van der Waals surface area contributed by atoms with Crippen molar-refractivity contribution in [2.24, 2.45) is 0 Å². The second kappa shape index (κ2) is 5.11. The molecule has 4 nitrogen and oxygen atoms in total. The Balaban J connectivity index is 2.26. The van der Waals surface area contributed by atoms with Gasteiger partial charge in [-0.3, -0.25) is 4.21 Å². The van der Waals surface area contributed by atoms with Crippen LogP contribution in [0.2, 0.25) is 0 Å². The molecule has 0 radical (unpaired) electrons. The minimum Gasteiger partial charge on any atom is -0.259 e. The van der Waals surface area contributed by atoms with Crippen LogP contribution in [0.4, 0.5) is 0 Å². The summed E-state index contributed by atoms with van der Waals surface area (Å²) in [4.78, 5) is 0.313. The van der Waals surface area contributed by atoms with Gasteiger partial charge in [0.05, 0.1) is 4.90 Å². The Hall–Kier alpha value is -0.720. The van der Waals surface area contributed by atoms with Crippen molar-refractivity contribution in [1.82, 2.24) is 4.31 Å². The number of aryl methyl sites for hydroxylation is 1. The molecule has 0 saturated carbocycles. The second-order valence-corrected chi connectivity index (χ2v) is 8.48. The molecular weight excluding hydrogens is 270 g/mol. The Morgan fingerprint density at radius 1 is 1.28 bits per heavy atom. The number of sulfonamides is 1. The minimum atomic E-state index is -3.44. The van der Waals surface area contributed by atoms with Crippen LogP contribution in [0.3, 0.4) is 0 Å². The van der Waals surface area contributed by atoms with E-state index in [1.807, 2.05) is 13.8 Å². The van der Waals surface area contributed by atoms with E-state index in [1.165, 1.54) is 4.31 Å². The summed E-state index contributed by atoms with van der Waals surface area (Å²) < 4.78 is 37.7. The average molecular weight is 287 g/mol. The fourth-order valence-electron chi connectivity index (χ4n) is 1.93. The first-order valence-electron chi connectivity index (χ1n) is 5.85. The maximum Gasteiger partial charge on any atom is 0.243 e. The van der Waals surface area contributed by atoms with E-state index in [2.05, 4.69) is 0 Å². The van der Waals surface area contributed by atoms with E-state index in [0.29, 0.717) is 23.7 Å². The summed E-state index contributed by atoms with van der Waals surface area (Å²) >= 11 is 0. The molecule has 0 amide bonds. The molecule has 0 N–H and O–H groups in total. The zero-order valence-electron chi connectivity index (χ0n) is 10.5. The Bertz CT molecular complexity index is 551. The zero-order chi connectivity index (χ0) is 13.3. The summed E-state index contributed by atoms with van der Waals surface area (Å²) in [6.07, 6.45) is 0. The molecule has 0 unspecified atom stereocenters. The van der Waals surface area contributed by atoms with Crippen molar-refractivity contribution in [3.63, 3.8) is 0 Å². The number of rotatable bonds is 2. The minimum absolute atomic E-state index is 0.0982. The molecule has 0 spiro atoms. The summed E-state index contributed by atoms with van der Waals surface area (Å²) in [6, 6.07) is 6.83. The molecule has 6 heteroatoms. The first-order chi connectivity index (χ1) is 8.41. The summed E-state index contributed by atoms with van der Waals surface area (Å²) in [7, 11) is -4.34. The van der Waals surface area contributed by atoms with Crippen molar-refractivity contribution >= 4 is 20.8 Å². The number of hydrogen-bond donors (Lipinski definition) is 0. The predicted octanol–water partition coefficient (Wildman–Crippen LogP) is 1.14. The maximum atomic E-state index is 12.4. The van der Waals surface area contributed by atoms with Crippen LogP contribution in [-0.4, -0.2) is 41.0 Å². The van der Waals surface area contributed by atoms with Gasteiger partial charge in [-0.05, 0) is 26.0 Å². The molecule has 1 heterocycles. The molecule has 1 saturated heterocycles. The number of benzene rings is 1. The third kappa shape index (κ3) is 2.65. The lowest BCUT2D eigenvalue weighted by Crippen LogP contribution is -2.45. The molecule has 0 bridgehead atoms. The average Bonchev–Trinajstić information content (AvgIpc) is 2.33. The summed E-state index contributed by atoms with van der Waals surface area (Å²) in [5.41, 5.74) is 1.03. The van der Waals surface area contributed by atoms with Crippen LogP contribution >= 0.6 is 0 Å². The van der Waals surface area contributed by atoms with Crippen molar-refractivity contribution in [2.45, 2.75) is 24.0 Å². The van der Waals surface area contributed by atoms with Gasteiger partial charge in [0.2, 0.25) is 10.0 Å². The van der Waals surface area contributed by atoms with Gasteiger partial charge in [-0.25, -0.2) is 8.42 Å². The third-order valence-electron chi connectivity index (χ3n) is 3.11. The molecule has 2 rings (SSSR count). The monoisotopic (exact) mass is 287 g/mol. The van der Waals surface area contributed by atoms with Gasteiger partial charge in [0.15, 0.2) is 0 Å². The van der Waals surface area contributed by atoms with Crippen LogP contribution in [-0.2, 0) is 20.8 Å². The lowest BCUT2D eigenvalue weighted by molar-refractivity contribution is 0.417. The van der Waals surface area contributed by atoms with Crippen LogP contribution in [0.1, 0.15) is 12.5 Å².